The molecule has 9 heavy (non-hydrogen) atoms. The van der Waals surface area contributed by atoms with E-state index in [0.717, 1.165) is 19.4 Å². The van der Waals surface area contributed by atoms with Gasteiger partial charge in [-0.25, -0.2) is 4.99 Å². The highest BCUT2D eigenvalue weighted by Crippen LogP contribution is 2.01. The Morgan fingerprint density at radius 2 is 1.89 bits per heavy atom. The predicted molar refractivity (Wildman–Crippen MR) is 36.6 cm³/mol. The summed E-state index contributed by atoms with van der Waals surface area (Å²) in [6.07, 6.45) is 5.76. The maximum absolute atomic E-state index is 9.02. The van der Waals surface area contributed by atoms with Gasteiger partial charge in [-0.3, -0.25) is 0 Å². The second kappa shape index (κ2) is 3.49. The molecule has 0 fully saturated rings. The molecule has 0 amide bonds. The van der Waals surface area contributed by atoms with E-state index in [4.69, 9.17) is 5.11 Å². The minimum absolute atomic E-state index is 0.481. The minimum Gasteiger partial charge on any atom is -0.464 e. The molecular weight excluding hydrogens is 114 g/mol. The molecule has 0 radical (unpaired) electrons. The van der Waals surface area contributed by atoms with Crippen molar-refractivity contribution in [1.29, 1.82) is 0 Å². The van der Waals surface area contributed by atoms with Gasteiger partial charge in [0.2, 0.25) is 0 Å². The van der Waals surface area contributed by atoms with Crippen LogP contribution in [0.2, 0.25) is 0 Å². The number of rotatable bonds is 0. The zero-order valence-electron chi connectivity index (χ0n) is 5.69. The van der Waals surface area contributed by atoms with Crippen LogP contribution in [0.1, 0.15) is 32.1 Å². The summed E-state index contributed by atoms with van der Waals surface area (Å²) < 4.78 is 0. The zero-order valence-corrected chi connectivity index (χ0v) is 5.69. The van der Waals surface area contributed by atoms with Gasteiger partial charge >= 0.3 is 5.90 Å². The molecule has 0 spiro atoms. The van der Waals surface area contributed by atoms with Gasteiger partial charge in [0.25, 0.3) is 0 Å². The summed E-state index contributed by atoms with van der Waals surface area (Å²) in [6, 6.07) is 0. The fraction of sp³-hybridized carbons (Fsp3) is 0.857. The lowest BCUT2D eigenvalue weighted by molar-refractivity contribution is -0.469. The quantitative estimate of drug-likeness (QED) is 0.472. The van der Waals surface area contributed by atoms with Crippen molar-refractivity contribution in [2.45, 2.75) is 32.1 Å². The predicted octanol–water partition coefficient (Wildman–Crippen LogP) is -0.0124. The van der Waals surface area contributed by atoms with E-state index in [-0.39, 0.29) is 0 Å². The van der Waals surface area contributed by atoms with E-state index in [1.54, 1.807) is 0 Å². The van der Waals surface area contributed by atoms with E-state index < -0.39 is 0 Å². The van der Waals surface area contributed by atoms with Crippen LogP contribution >= 0.6 is 0 Å². The summed E-state index contributed by atoms with van der Waals surface area (Å²) in [5.41, 5.74) is 0. The highest BCUT2D eigenvalue weighted by Gasteiger charge is 2.04. The van der Waals surface area contributed by atoms with E-state index in [1.807, 2.05) is 0 Å². The maximum atomic E-state index is 9.02. The van der Waals surface area contributed by atoms with Crippen LogP contribution in [0.25, 0.3) is 0 Å². The van der Waals surface area contributed by atoms with Crippen molar-refractivity contribution in [1.82, 2.24) is 0 Å². The van der Waals surface area contributed by atoms with Crippen molar-refractivity contribution in [2.24, 2.45) is 0 Å². The molecule has 1 heterocycles. The molecule has 0 bridgehead atoms. The van der Waals surface area contributed by atoms with Gasteiger partial charge in [0.05, 0.1) is 6.42 Å². The molecule has 2 nitrogen and oxygen atoms in total. The number of aliphatic hydroxyl groups is 1. The maximum Gasteiger partial charge on any atom is 0.332 e. The largest absolute Gasteiger partial charge is 0.464 e. The van der Waals surface area contributed by atoms with Gasteiger partial charge in [0, 0.05) is 6.42 Å². The van der Waals surface area contributed by atoms with E-state index in [2.05, 4.69) is 4.99 Å². The molecule has 0 aliphatic carbocycles. The van der Waals surface area contributed by atoms with Crippen molar-refractivity contribution >= 4 is 5.90 Å². The summed E-state index contributed by atoms with van der Waals surface area (Å²) in [5.74, 6) is 0.481. The number of hydrogen-bond donors (Lipinski definition) is 2. The first-order valence-corrected chi connectivity index (χ1v) is 3.68. The third-order valence-corrected chi connectivity index (χ3v) is 1.67. The van der Waals surface area contributed by atoms with Crippen LogP contribution in [0.3, 0.4) is 0 Å². The molecule has 0 aromatic rings. The normalized spacial score (nSPS) is 22.0. The average Bonchev–Trinajstić information content (AvgIpc) is 1.79. The zero-order chi connectivity index (χ0) is 6.53. The van der Waals surface area contributed by atoms with Gasteiger partial charge in [-0.1, -0.05) is 6.42 Å². The highest BCUT2D eigenvalue weighted by atomic mass is 16.3. The number of hydrogen-bond acceptors (Lipinski definition) is 0. The van der Waals surface area contributed by atoms with Gasteiger partial charge in [-0.15, -0.1) is 0 Å². The van der Waals surface area contributed by atoms with Crippen molar-refractivity contribution in [3.05, 3.63) is 0 Å². The summed E-state index contributed by atoms with van der Waals surface area (Å²) in [7, 11) is 0. The third kappa shape index (κ3) is 2.49. The van der Waals surface area contributed by atoms with Gasteiger partial charge < -0.3 is 5.11 Å². The van der Waals surface area contributed by atoms with Gasteiger partial charge in [0.1, 0.15) is 6.54 Å². The molecule has 0 atom stereocenters. The molecule has 2 N–H and O–H groups in total. The van der Waals surface area contributed by atoms with Crippen molar-refractivity contribution in [3.8, 4) is 0 Å². The molecule has 0 saturated heterocycles. The molecule has 1 aliphatic heterocycles. The summed E-state index contributed by atoms with van der Waals surface area (Å²) in [6.45, 7) is 0.950. The second-order valence-corrected chi connectivity index (χ2v) is 2.54. The van der Waals surface area contributed by atoms with Crippen LogP contribution in [0, 0.1) is 0 Å². The summed E-state index contributed by atoms with van der Waals surface area (Å²) >= 11 is 0. The van der Waals surface area contributed by atoms with E-state index in [1.165, 1.54) is 19.3 Å². The Morgan fingerprint density at radius 1 is 1.11 bits per heavy atom. The van der Waals surface area contributed by atoms with Crippen LogP contribution in [0.15, 0.2) is 0 Å². The first kappa shape index (κ1) is 6.59. The van der Waals surface area contributed by atoms with Gasteiger partial charge in [0.15, 0.2) is 0 Å². The van der Waals surface area contributed by atoms with Crippen molar-refractivity contribution in [3.63, 3.8) is 0 Å². The Morgan fingerprint density at radius 3 is 2.78 bits per heavy atom. The van der Waals surface area contributed by atoms with Crippen molar-refractivity contribution < 1.29 is 10.1 Å². The van der Waals surface area contributed by atoms with Crippen LogP contribution < -0.4 is 4.99 Å². The fourth-order valence-electron chi connectivity index (χ4n) is 1.09. The third-order valence-electron chi connectivity index (χ3n) is 1.67. The van der Waals surface area contributed by atoms with Crippen LogP contribution in [0.5, 0.6) is 0 Å². The Labute approximate surface area is 55.6 Å². The lowest BCUT2D eigenvalue weighted by atomic mass is 10.1. The molecule has 1 aliphatic rings. The highest BCUT2D eigenvalue weighted by molar-refractivity contribution is 5.67. The van der Waals surface area contributed by atoms with Gasteiger partial charge in [-0.05, 0) is 12.8 Å². The SMILES string of the molecule is OC1=[NH+]CCCCCC1. The molecule has 2 heteroatoms. The molecular formula is C7H14NO+. The minimum atomic E-state index is 0.481. The molecule has 1 rings (SSSR count). The van der Waals surface area contributed by atoms with Crippen LogP contribution in [0.4, 0.5) is 0 Å². The fourth-order valence-corrected chi connectivity index (χ4v) is 1.09. The lowest BCUT2D eigenvalue weighted by Gasteiger charge is -1.99. The standard InChI is InChI=1S/C7H13NO/c9-7-5-3-1-2-4-6-8-7/h1-6H2,(H,8,9)/p+1. The van der Waals surface area contributed by atoms with Crippen LogP contribution in [-0.4, -0.2) is 17.5 Å². The van der Waals surface area contributed by atoms with E-state index >= 15 is 0 Å². The monoisotopic (exact) mass is 128 g/mol. The Bertz CT molecular complexity index is 109. The summed E-state index contributed by atoms with van der Waals surface area (Å²) in [4.78, 5) is 2.96. The first-order chi connectivity index (χ1) is 4.39. The Hall–Kier alpha value is -0.530. The lowest BCUT2D eigenvalue weighted by Crippen LogP contribution is -2.73. The van der Waals surface area contributed by atoms with E-state index in [9.17, 15) is 0 Å². The Kier molecular flexibility index (Phi) is 2.55. The van der Waals surface area contributed by atoms with Crippen LogP contribution in [-0.2, 0) is 0 Å². The topological polar surface area (TPSA) is 34.2 Å². The van der Waals surface area contributed by atoms with E-state index in [0.29, 0.717) is 5.90 Å². The summed E-state index contributed by atoms with van der Waals surface area (Å²) in [5, 5.41) is 9.02. The Balaban J connectivity index is 2.32. The molecule has 0 aromatic heterocycles. The second-order valence-electron chi connectivity index (χ2n) is 2.54. The van der Waals surface area contributed by atoms with Gasteiger partial charge in [-0.2, -0.15) is 0 Å². The molecule has 0 unspecified atom stereocenters. The molecule has 52 valence electrons. The first-order valence-electron chi connectivity index (χ1n) is 3.68. The average molecular weight is 128 g/mol. The molecule has 0 aromatic carbocycles. The smallest absolute Gasteiger partial charge is 0.332 e. The number of aliphatic hydroxyl groups excluding tert-OH is 1. The molecule has 0 saturated carbocycles. The number of nitrogens with one attached hydrogen (secondary N) is 1. The van der Waals surface area contributed by atoms with Crippen molar-refractivity contribution in [2.75, 3.05) is 6.54 Å².